The van der Waals surface area contributed by atoms with Crippen molar-refractivity contribution in [2.45, 2.75) is 44.7 Å². The molecule has 1 N–H and O–H groups in total. The van der Waals surface area contributed by atoms with Crippen LogP contribution in [0.3, 0.4) is 0 Å². The average molecular weight is 625 g/mol. The van der Waals surface area contributed by atoms with Crippen molar-refractivity contribution < 1.29 is 27.1 Å². The molecule has 3 aromatic carbocycles. The first-order valence-corrected chi connectivity index (χ1v) is 15.2. The molecule has 3 rings (SSSR count). The number of hydrogen-bond donors (Lipinski definition) is 1. The molecule has 0 aliphatic carbocycles. The number of nitrogens with one attached hydrogen (secondary N) is 1. The number of hydrogen-bond acceptors (Lipinski definition) is 5. The first-order valence-electron chi connectivity index (χ1n) is 13.0. The number of carbonyl (C=O) groups excluding carboxylic acids is 2. The highest BCUT2D eigenvalue weighted by Crippen LogP contribution is 2.27. The highest BCUT2D eigenvalue weighted by molar-refractivity contribution is 7.92. The summed E-state index contributed by atoms with van der Waals surface area (Å²) in [4.78, 5) is 28.0. The van der Waals surface area contributed by atoms with Gasteiger partial charge in [-0.1, -0.05) is 36.2 Å². The predicted molar refractivity (Wildman–Crippen MR) is 158 cm³/mol. The molecule has 0 radical (unpaired) electrons. The van der Waals surface area contributed by atoms with E-state index in [2.05, 4.69) is 5.32 Å². The van der Waals surface area contributed by atoms with Gasteiger partial charge in [0.05, 0.1) is 27.2 Å². The van der Waals surface area contributed by atoms with Crippen molar-refractivity contribution in [1.82, 2.24) is 10.2 Å². The summed E-state index contributed by atoms with van der Waals surface area (Å²) in [6, 6.07) is 14.4. The van der Waals surface area contributed by atoms with Gasteiger partial charge in [-0.2, -0.15) is 0 Å². The molecule has 0 fully saturated rings. The van der Waals surface area contributed by atoms with Crippen molar-refractivity contribution in [2.75, 3.05) is 24.0 Å². The zero-order valence-electron chi connectivity index (χ0n) is 22.9. The second-order valence-corrected chi connectivity index (χ2v) is 11.8. The molecule has 41 heavy (non-hydrogen) atoms. The van der Waals surface area contributed by atoms with Crippen molar-refractivity contribution in [2.24, 2.45) is 0 Å². The van der Waals surface area contributed by atoms with Gasteiger partial charge >= 0.3 is 0 Å². The largest absolute Gasteiger partial charge is 0.494 e. The lowest BCUT2D eigenvalue weighted by Crippen LogP contribution is -2.51. The smallest absolute Gasteiger partial charge is 0.264 e. The Morgan fingerprint density at radius 2 is 1.63 bits per heavy atom. The molecule has 0 saturated heterocycles. The molecule has 8 nitrogen and oxygen atoms in total. The SMILES string of the molecule is CCCNC(=O)[C@@H](C)N(Cc1ccc(Cl)c(Cl)c1)C(=O)CN(c1ccc(F)cc1)S(=O)(=O)c1ccc(OCC)cc1. The van der Waals surface area contributed by atoms with Crippen LogP contribution in [0.2, 0.25) is 10.0 Å². The number of benzene rings is 3. The maximum Gasteiger partial charge on any atom is 0.264 e. The molecule has 0 aliphatic heterocycles. The third-order valence-electron chi connectivity index (χ3n) is 6.17. The normalized spacial score (nSPS) is 12.0. The van der Waals surface area contributed by atoms with Gasteiger partial charge in [0.25, 0.3) is 10.0 Å². The van der Waals surface area contributed by atoms with E-state index in [-0.39, 0.29) is 22.2 Å². The van der Waals surface area contributed by atoms with Crippen LogP contribution in [-0.4, -0.2) is 50.9 Å². The van der Waals surface area contributed by atoms with Crippen molar-refractivity contribution in [3.8, 4) is 5.75 Å². The third kappa shape index (κ3) is 8.34. The lowest BCUT2D eigenvalue weighted by molar-refractivity contribution is -0.139. The van der Waals surface area contributed by atoms with E-state index in [0.717, 1.165) is 16.4 Å². The minimum absolute atomic E-state index is 0.0448. The number of rotatable bonds is 13. The number of halogens is 3. The molecule has 0 bridgehead atoms. The minimum Gasteiger partial charge on any atom is -0.494 e. The molecular weight excluding hydrogens is 592 g/mol. The Bertz CT molecular complexity index is 1450. The summed E-state index contributed by atoms with van der Waals surface area (Å²) in [5.74, 6) is -1.14. The molecule has 0 unspecified atom stereocenters. The van der Waals surface area contributed by atoms with Crippen LogP contribution in [0, 0.1) is 5.82 Å². The summed E-state index contributed by atoms with van der Waals surface area (Å²) in [6.45, 7) is 5.37. The number of anilines is 1. The van der Waals surface area contributed by atoms with Crippen LogP contribution in [0.5, 0.6) is 5.75 Å². The molecule has 0 saturated carbocycles. The van der Waals surface area contributed by atoms with E-state index in [4.69, 9.17) is 27.9 Å². The van der Waals surface area contributed by atoms with Crippen LogP contribution in [0.4, 0.5) is 10.1 Å². The Morgan fingerprint density at radius 3 is 2.22 bits per heavy atom. The van der Waals surface area contributed by atoms with E-state index in [1.165, 1.54) is 41.3 Å². The summed E-state index contributed by atoms with van der Waals surface area (Å²) in [7, 11) is -4.30. The lowest BCUT2D eigenvalue weighted by atomic mass is 10.1. The highest BCUT2D eigenvalue weighted by Gasteiger charge is 2.32. The second-order valence-electron chi connectivity index (χ2n) is 9.13. The van der Waals surface area contributed by atoms with Gasteiger partial charge in [0.2, 0.25) is 11.8 Å². The standard InChI is InChI=1S/C29H32Cl2FN3O5S/c1-4-16-33-29(37)20(3)34(18-21-6-15-26(30)27(31)17-21)28(36)19-35(23-9-7-22(32)8-10-23)41(38,39)25-13-11-24(12-14-25)40-5-2/h6-15,17,20H,4-5,16,18-19H2,1-3H3,(H,33,37)/t20-/m1/s1. The van der Waals surface area contributed by atoms with Gasteiger partial charge in [-0.15, -0.1) is 0 Å². The van der Waals surface area contributed by atoms with E-state index in [1.807, 2.05) is 6.92 Å². The third-order valence-corrected chi connectivity index (χ3v) is 8.70. The molecule has 0 heterocycles. The maximum atomic E-state index is 13.9. The lowest BCUT2D eigenvalue weighted by Gasteiger charge is -2.32. The highest BCUT2D eigenvalue weighted by atomic mass is 35.5. The summed E-state index contributed by atoms with van der Waals surface area (Å²) >= 11 is 12.2. The van der Waals surface area contributed by atoms with E-state index >= 15 is 0 Å². The molecule has 2 amide bonds. The van der Waals surface area contributed by atoms with Crippen molar-refractivity contribution >= 4 is 50.7 Å². The molecule has 220 valence electrons. The maximum absolute atomic E-state index is 13.9. The van der Waals surface area contributed by atoms with Crippen LogP contribution < -0.4 is 14.4 Å². The minimum atomic E-state index is -4.30. The Hall–Kier alpha value is -3.34. The van der Waals surface area contributed by atoms with Gasteiger partial charge in [-0.25, -0.2) is 12.8 Å². The molecule has 3 aromatic rings. The van der Waals surface area contributed by atoms with E-state index in [0.29, 0.717) is 35.9 Å². The Morgan fingerprint density at radius 1 is 0.976 bits per heavy atom. The zero-order chi connectivity index (χ0) is 30.2. The fraction of sp³-hybridized carbons (Fsp3) is 0.310. The monoisotopic (exact) mass is 623 g/mol. The predicted octanol–water partition coefficient (Wildman–Crippen LogP) is 5.67. The number of ether oxygens (including phenoxy) is 1. The number of sulfonamides is 1. The Labute approximate surface area is 250 Å². The van der Waals surface area contributed by atoms with Gasteiger partial charge in [0, 0.05) is 13.1 Å². The van der Waals surface area contributed by atoms with E-state index in [1.54, 1.807) is 32.0 Å². The van der Waals surface area contributed by atoms with Crippen LogP contribution >= 0.6 is 23.2 Å². The van der Waals surface area contributed by atoms with Crippen LogP contribution in [0.15, 0.2) is 71.6 Å². The molecular formula is C29H32Cl2FN3O5S. The van der Waals surface area contributed by atoms with Gasteiger partial charge in [-0.05, 0) is 86.5 Å². The summed E-state index contributed by atoms with van der Waals surface area (Å²) in [5, 5.41) is 3.37. The summed E-state index contributed by atoms with van der Waals surface area (Å²) < 4.78 is 47.7. The summed E-state index contributed by atoms with van der Waals surface area (Å²) in [6.07, 6.45) is 0.692. The van der Waals surface area contributed by atoms with E-state index < -0.39 is 40.2 Å². The van der Waals surface area contributed by atoms with Gasteiger partial charge < -0.3 is 15.0 Å². The van der Waals surface area contributed by atoms with Crippen molar-refractivity contribution in [3.05, 3.63) is 88.2 Å². The van der Waals surface area contributed by atoms with Crippen molar-refractivity contribution in [3.63, 3.8) is 0 Å². The van der Waals surface area contributed by atoms with Crippen LogP contribution in [0.1, 0.15) is 32.8 Å². The molecule has 12 heteroatoms. The quantitative estimate of drug-likeness (QED) is 0.265. The zero-order valence-corrected chi connectivity index (χ0v) is 25.3. The fourth-order valence-electron chi connectivity index (χ4n) is 3.95. The number of nitrogens with zero attached hydrogens (tertiary/aromatic N) is 2. The average Bonchev–Trinajstić information content (AvgIpc) is 2.95. The number of carbonyl (C=O) groups is 2. The van der Waals surface area contributed by atoms with Gasteiger partial charge in [0.15, 0.2) is 0 Å². The Kier molecular flexibility index (Phi) is 11.4. The Balaban J connectivity index is 2.02. The molecule has 0 aromatic heterocycles. The number of amides is 2. The van der Waals surface area contributed by atoms with Crippen LogP contribution in [-0.2, 0) is 26.2 Å². The second kappa shape index (κ2) is 14.5. The molecule has 0 spiro atoms. The van der Waals surface area contributed by atoms with Crippen LogP contribution in [0.25, 0.3) is 0 Å². The summed E-state index contributed by atoms with van der Waals surface area (Å²) in [5.41, 5.74) is 0.664. The van der Waals surface area contributed by atoms with E-state index in [9.17, 15) is 22.4 Å². The molecule has 1 atom stereocenters. The fourth-order valence-corrected chi connectivity index (χ4v) is 5.69. The molecule has 0 aliphatic rings. The first-order chi connectivity index (χ1) is 19.5. The topological polar surface area (TPSA) is 96.0 Å². The first kappa shape index (κ1) is 32.2. The van der Waals surface area contributed by atoms with Gasteiger partial charge in [0.1, 0.15) is 24.2 Å². The van der Waals surface area contributed by atoms with Crippen molar-refractivity contribution in [1.29, 1.82) is 0 Å². The van der Waals surface area contributed by atoms with Gasteiger partial charge in [-0.3, -0.25) is 13.9 Å².